The fraction of sp³-hybridized carbons (Fsp3) is 0.455. The van der Waals surface area contributed by atoms with Crippen molar-refractivity contribution in [2.24, 2.45) is 5.41 Å². The van der Waals surface area contributed by atoms with Gasteiger partial charge in [-0.15, -0.1) is 0 Å². The minimum atomic E-state index is -0.427. The Balaban J connectivity index is 2.68. The minimum Gasteiger partial charge on any atom is -0.396 e. The van der Waals surface area contributed by atoms with Gasteiger partial charge >= 0.3 is 0 Å². The third-order valence-corrected chi connectivity index (χ3v) is 2.22. The molecular weight excluding hydrogens is 208 g/mol. The number of aromatic amines is 1. The van der Waals surface area contributed by atoms with E-state index in [0.717, 1.165) is 0 Å². The number of hydrogen-bond donors (Lipinski definition) is 3. The molecule has 1 heterocycles. The molecule has 0 atom stereocenters. The van der Waals surface area contributed by atoms with Gasteiger partial charge in [-0.3, -0.25) is 9.59 Å². The van der Waals surface area contributed by atoms with E-state index in [1.165, 1.54) is 12.3 Å². The van der Waals surface area contributed by atoms with E-state index in [9.17, 15) is 9.59 Å². The molecule has 3 N–H and O–H groups in total. The summed E-state index contributed by atoms with van der Waals surface area (Å²) < 4.78 is 0. The first kappa shape index (κ1) is 12.4. The Morgan fingerprint density at radius 1 is 1.56 bits per heavy atom. The average molecular weight is 224 g/mol. The van der Waals surface area contributed by atoms with Crippen LogP contribution in [0.2, 0.25) is 0 Å². The van der Waals surface area contributed by atoms with Crippen LogP contribution in [0.4, 0.5) is 0 Å². The van der Waals surface area contributed by atoms with Crippen LogP contribution in [-0.4, -0.2) is 29.1 Å². The lowest BCUT2D eigenvalue weighted by atomic mass is 9.95. The van der Waals surface area contributed by atoms with E-state index in [1.807, 2.05) is 13.8 Å². The molecule has 16 heavy (non-hydrogen) atoms. The quantitative estimate of drug-likeness (QED) is 0.679. The van der Waals surface area contributed by atoms with Crippen LogP contribution in [0.1, 0.15) is 24.2 Å². The number of aliphatic hydroxyl groups excluding tert-OH is 1. The monoisotopic (exact) mass is 224 g/mol. The summed E-state index contributed by atoms with van der Waals surface area (Å²) in [6.45, 7) is 3.93. The molecule has 88 valence electrons. The highest BCUT2D eigenvalue weighted by Crippen LogP contribution is 2.11. The summed E-state index contributed by atoms with van der Waals surface area (Å²) in [5.74, 6) is -0.427. The third kappa shape index (κ3) is 3.20. The molecule has 0 radical (unpaired) electrons. The Hall–Kier alpha value is -1.62. The molecule has 0 saturated heterocycles. The Labute approximate surface area is 93.5 Å². The number of pyridine rings is 1. The largest absolute Gasteiger partial charge is 0.396 e. The number of aliphatic hydroxyl groups is 1. The van der Waals surface area contributed by atoms with E-state index in [2.05, 4.69) is 10.3 Å². The van der Waals surface area contributed by atoms with E-state index in [0.29, 0.717) is 6.54 Å². The van der Waals surface area contributed by atoms with Gasteiger partial charge in [0.15, 0.2) is 0 Å². The fourth-order valence-electron chi connectivity index (χ4n) is 1.07. The van der Waals surface area contributed by atoms with Crippen LogP contribution < -0.4 is 10.9 Å². The van der Waals surface area contributed by atoms with Crippen molar-refractivity contribution in [3.63, 3.8) is 0 Å². The predicted octanol–water partition coefficient (Wildman–Crippen LogP) is 0.123. The van der Waals surface area contributed by atoms with Gasteiger partial charge in [-0.25, -0.2) is 0 Å². The van der Waals surface area contributed by atoms with Gasteiger partial charge < -0.3 is 15.4 Å². The van der Waals surface area contributed by atoms with Crippen LogP contribution in [0, 0.1) is 5.41 Å². The van der Waals surface area contributed by atoms with Crippen LogP contribution in [0.25, 0.3) is 0 Å². The number of hydrogen-bond acceptors (Lipinski definition) is 3. The number of aromatic nitrogens is 1. The Morgan fingerprint density at radius 3 is 2.81 bits per heavy atom. The zero-order chi connectivity index (χ0) is 12.2. The molecule has 0 fully saturated rings. The molecule has 0 saturated carbocycles. The summed E-state index contributed by atoms with van der Waals surface area (Å²) in [6, 6.07) is 3.05. The van der Waals surface area contributed by atoms with Crippen molar-refractivity contribution < 1.29 is 9.90 Å². The smallest absolute Gasteiger partial charge is 0.260 e. The van der Waals surface area contributed by atoms with Crippen molar-refractivity contribution in [2.45, 2.75) is 13.8 Å². The summed E-state index contributed by atoms with van der Waals surface area (Å²) in [7, 11) is 0. The minimum absolute atomic E-state index is 0.0293. The maximum absolute atomic E-state index is 11.6. The molecule has 0 bridgehead atoms. The molecule has 0 spiro atoms. The van der Waals surface area contributed by atoms with Crippen LogP contribution >= 0.6 is 0 Å². The number of carbonyl (C=O) groups is 1. The van der Waals surface area contributed by atoms with Crippen LogP contribution in [0.3, 0.4) is 0 Å². The highest BCUT2D eigenvalue weighted by atomic mass is 16.3. The van der Waals surface area contributed by atoms with Crippen molar-refractivity contribution in [3.05, 3.63) is 34.2 Å². The van der Waals surface area contributed by atoms with Crippen LogP contribution in [0.5, 0.6) is 0 Å². The lowest BCUT2D eigenvalue weighted by molar-refractivity contribution is 0.0909. The SMILES string of the molecule is CC(C)(CO)CNC(=O)c1ccc[nH]c1=O. The first-order valence-electron chi connectivity index (χ1n) is 5.03. The fourth-order valence-corrected chi connectivity index (χ4v) is 1.07. The van der Waals surface area contributed by atoms with E-state index in [4.69, 9.17) is 5.11 Å². The molecule has 1 aromatic heterocycles. The lowest BCUT2D eigenvalue weighted by Crippen LogP contribution is -2.38. The van der Waals surface area contributed by atoms with Gasteiger partial charge in [0.25, 0.3) is 11.5 Å². The van der Waals surface area contributed by atoms with Crippen molar-refractivity contribution in [2.75, 3.05) is 13.2 Å². The van der Waals surface area contributed by atoms with Crippen molar-refractivity contribution >= 4 is 5.91 Å². The number of carbonyl (C=O) groups excluding carboxylic acids is 1. The van der Waals surface area contributed by atoms with Gasteiger partial charge in [0.05, 0.1) is 0 Å². The second kappa shape index (κ2) is 4.94. The van der Waals surface area contributed by atoms with Gasteiger partial charge in [-0.1, -0.05) is 13.8 Å². The first-order chi connectivity index (χ1) is 7.46. The molecule has 5 nitrogen and oxygen atoms in total. The van der Waals surface area contributed by atoms with Crippen molar-refractivity contribution in [3.8, 4) is 0 Å². The molecule has 0 unspecified atom stereocenters. The molecule has 5 heteroatoms. The van der Waals surface area contributed by atoms with E-state index in [1.54, 1.807) is 6.07 Å². The van der Waals surface area contributed by atoms with Crippen LogP contribution in [0.15, 0.2) is 23.1 Å². The van der Waals surface area contributed by atoms with E-state index >= 15 is 0 Å². The van der Waals surface area contributed by atoms with Crippen LogP contribution in [-0.2, 0) is 0 Å². The number of amides is 1. The summed E-state index contributed by atoms with van der Waals surface area (Å²) in [5, 5.41) is 11.6. The maximum Gasteiger partial charge on any atom is 0.260 e. The second-order valence-electron chi connectivity index (χ2n) is 4.42. The molecule has 0 aliphatic rings. The predicted molar refractivity (Wildman–Crippen MR) is 60.3 cm³/mol. The third-order valence-electron chi connectivity index (χ3n) is 2.22. The summed E-state index contributed by atoms with van der Waals surface area (Å²) in [4.78, 5) is 25.3. The molecule has 1 rings (SSSR count). The maximum atomic E-state index is 11.6. The molecular formula is C11H16N2O3. The van der Waals surface area contributed by atoms with Gasteiger partial charge in [0.1, 0.15) is 5.56 Å². The zero-order valence-corrected chi connectivity index (χ0v) is 9.41. The van der Waals surface area contributed by atoms with Crippen molar-refractivity contribution in [1.82, 2.24) is 10.3 Å². The molecule has 1 amide bonds. The van der Waals surface area contributed by atoms with E-state index < -0.39 is 16.9 Å². The number of nitrogens with one attached hydrogen (secondary N) is 2. The Morgan fingerprint density at radius 2 is 2.25 bits per heavy atom. The first-order valence-corrected chi connectivity index (χ1v) is 5.03. The summed E-state index contributed by atoms with van der Waals surface area (Å²) >= 11 is 0. The summed E-state index contributed by atoms with van der Waals surface area (Å²) in [5.41, 5.74) is -0.727. The van der Waals surface area contributed by atoms with Gasteiger partial charge in [-0.05, 0) is 12.1 Å². The standard InChI is InChI=1S/C11H16N2O3/c1-11(2,7-14)6-13-10(16)8-4-3-5-12-9(8)15/h3-5,14H,6-7H2,1-2H3,(H,12,15)(H,13,16). The zero-order valence-electron chi connectivity index (χ0n) is 9.41. The average Bonchev–Trinajstić information content (AvgIpc) is 2.27. The number of rotatable bonds is 4. The lowest BCUT2D eigenvalue weighted by Gasteiger charge is -2.21. The normalized spacial score (nSPS) is 11.2. The topological polar surface area (TPSA) is 82.2 Å². The van der Waals surface area contributed by atoms with Gasteiger partial charge in [0, 0.05) is 24.8 Å². The second-order valence-corrected chi connectivity index (χ2v) is 4.42. The van der Waals surface area contributed by atoms with Gasteiger partial charge in [0.2, 0.25) is 0 Å². The Bertz CT molecular complexity index is 423. The molecule has 1 aromatic rings. The number of H-pyrrole nitrogens is 1. The highest BCUT2D eigenvalue weighted by Gasteiger charge is 2.18. The highest BCUT2D eigenvalue weighted by molar-refractivity contribution is 5.93. The molecule has 0 aromatic carbocycles. The Kier molecular flexibility index (Phi) is 3.84. The van der Waals surface area contributed by atoms with Gasteiger partial charge in [-0.2, -0.15) is 0 Å². The van der Waals surface area contributed by atoms with E-state index in [-0.39, 0.29) is 12.2 Å². The molecule has 0 aliphatic carbocycles. The molecule has 0 aliphatic heterocycles. The summed E-state index contributed by atoms with van der Waals surface area (Å²) in [6.07, 6.45) is 1.47. The van der Waals surface area contributed by atoms with Crippen molar-refractivity contribution in [1.29, 1.82) is 0 Å².